The number of rotatable bonds is 3. The van der Waals surface area contributed by atoms with Gasteiger partial charge in [-0.3, -0.25) is 9.78 Å². The third-order valence-corrected chi connectivity index (χ3v) is 4.34. The maximum absolute atomic E-state index is 12.5. The molecule has 0 unspecified atom stereocenters. The number of aromatic nitrogens is 2. The lowest BCUT2D eigenvalue weighted by molar-refractivity contribution is 0.0740. The van der Waals surface area contributed by atoms with E-state index in [-0.39, 0.29) is 11.9 Å². The highest BCUT2D eigenvalue weighted by molar-refractivity contribution is 7.11. The summed E-state index contributed by atoms with van der Waals surface area (Å²) in [6.45, 7) is 0.804. The molecule has 0 bridgehead atoms. The molecular weight excluding hydrogens is 272 g/mol. The molecule has 1 N–H and O–H groups in total. The Morgan fingerprint density at radius 3 is 3.20 bits per heavy atom. The van der Waals surface area contributed by atoms with E-state index in [4.69, 9.17) is 0 Å². The standard InChI is InChI=1S/C14H16N4OS/c1-15-13-7-10(4-5-17-13)11-3-2-6-18(11)14(19)12-8-16-9-20-12/h4-5,7-9,11H,2-3,6H2,1H3,(H,15,17)/t11-/m0/s1. The van der Waals surface area contributed by atoms with Crippen molar-refractivity contribution in [2.45, 2.75) is 18.9 Å². The first-order chi connectivity index (χ1) is 9.79. The zero-order valence-electron chi connectivity index (χ0n) is 11.2. The topological polar surface area (TPSA) is 58.1 Å². The van der Waals surface area contributed by atoms with Gasteiger partial charge >= 0.3 is 0 Å². The summed E-state index contributed by atoms with van der Waals surface area (Å²) in [7, 11) is 1.85. The van der Waals surface area contributed by atoms with Crippen LogP contribution in [0.5, 0.6) is 0 Å². The number of pyridine rings is 1. The Kier molecular flexibility index (Phi) is 3.64. The molecule has 1 aliphatic heterocycles. The molecule has 1 atom stereocenters. The lowest BCUT2D eigenvalue weighted by Crippen LogP contribution is -2.30. The number of hydrogen-bond acceptors (Lipinski definition) is 5. The number of nitrogens with zero attached hydrogens (tertiary/aromatic N) is 3. The summed E-state index contributed by atoms with van der Waals surface area (Å²) in [5, 5.41) is 3.04. The van der Waals surface area contributed by atoms with Crippen molar-refractivity contribution >= 4 is 23.1 Å². The molecule has 1 fully saturated rings. The molecule has 3 rings (SSSR count). The number of carbonyl (C=O) groups is 1. The van der Waals surface area contributed by atoms with Gasteiger partial charge in [-0.2, -0.15) is 0 Å². The zero-order chi connectivity index (χ0) is 13.9. The van der Waals surface area contributed by atoms with Crippen LogP contribution in [0.15, 0.2) is 30.0 Å². The lowest BCUT2D eigenvalue weighted by atomic mass is 10.1. The fraction of sp³-hybridized carbons (Fsp3) is 0.357. The molecule has 3 heterocycles. The van der Waals surface area contributed by atoms with E-state index in [0.29, 0.717) is 4.88 Å². The summed E-state index contributed by atoms with van der Waals surface area (Å²) in [6, 6.07) is 4.15. The van der Waals surface area contributed by atoms with E-state index in [9.17, 15) is 4.79 Å². The summed E-state index contributed by atoms with van der Waals surface area (Å²) in [6.07, 6.45) is 5.47. The summed E-state index contributed by atoms with van der Waals surface area (Å²) >= 11 is 1.40. The van der Waals surface area contributed by atoms with E-state index in [2.05, 4.69) is 15.3 Å². The molecule has 0 aromatic carbocycles. The van der Waals surface area contributed by atoms with Crippen LogP contribution in [0.1, 0.15) is 34.1 Å². The molecule has 0 aliphatic carbocycles. The Hall–Kier alpha value is -1.95. The number of likely N-dealkylation sites (tertiary alicyclic amines) is 1. The van der Waals surface area contributed by atoms with Crippen molar-refractivity contribution < 1.29 is 4.79 Å². The van der Waals surface area contributed by atoms with Crippen molar-refractivity contribution in [1.82, 2.24) is 14.9 Å². The van der Waals surface area contributed by atoms with Gasteiger partial charge in [0, 0.05) is 19.8 Å². The Bertz CT molecular complexity index is 599. The summed E-state index contributed by atoms with van der Waals surface area (Å²) in [5.74, 6) is 0.914. The van der Waals surface area contributed by atoms with Gasteiger partial charge in [0.25, 0.3) is 5.91 Å². The van der Waals surface area contributed by atoms with Crippen LogP contribution in [-0.2, 0) is 0 Å². The quantitative estimate of drug-likeness (QED) is 0.943. The Balaban J connectivity index is 1.86. The predicted octanol–water partition coefficient (Wildman–Crippen LogP) is 2.56. The molecule has 1 aliphatic rings. The third-order valence-electron chi connectivity index (χ3n) is 3.58. The van der Waals surface area contributed by atoms with Gasteiger partial charge in [-0.25, -0.2) is 4.98 Å². The summed E-state index contributed by atoms with van der Waals surface area (Å²) in [4.78, 5) is 23.4. The molecule has 104 valence electrons. The molecule has 0 radical (unpaired) electrons. The van der Waals surface area contributed by atoms with Crippen molar-refractivity contribution in [3.63, 3.8) is 0 Å². The van der Waals surface area contributed by atoms with E-state index in [0.717, 1.165) is 30.8 Å². The number of thiazole rings is 1. The Morgan fingerprint density at radius 1 is 1.55 bits per heavy atom. The van der Waals surface area contributed by atoms with Crippen LogP contribution in [-0.4, -0.2) is 34.4 Å². The van der Waals surface area contributed by atoms with E-state index < -0.39 is 0 Å². The van der Waals surface area contributed by atoms with Crippen LogP contribution < -0.4 is 5.32 Å². The minimum atomic E-state index is 0.0813. The fourth-order valence-corrected chi connectivity index (χ4v) is 3.19. The van der Waals surface area contributed by atoms with Gasteiger partial charge < -0.3 is 10.2 Å². The second-order valence-electron chi connectivity index (χ2n) is 4.75. The van der Waals surface area contributed by atoms with E-state index >= 15 is 0 Å². The molecule has 2 aromatic rings. The Morgan fingerprint density at radius 2 is 2.45 bits per heavy atom. The average molecular weight is 288 g/mol. The normalized spacial score (nSPS) is 18.2. The lowest BCUT2D eigenvalue weighted by Gasteiger charge is -2.24. The molecule has 1 saturated heterocycles. The van der Waals surface area contributed by atoms with Crippen molar-refractivity contribution in [3.8, 4) is 0 Å². The van der Waals surface area contributed by atoms with Gasteiger partial charge in [0.1, 0.15) is 10.7 Å². The summed E-state index contributed by atoms with van der Waals surface area (Å²) < 4.78 is 0. The number of hydrogen-bond donors (Lipinski definition) is 1. The maximum atomic E-state index is 12.5. The maximum Gasteiger partial charge on any atom is 0.266 e. The first-order valence-corrected chi connectivity index (χ1v) is 7.50. The first-order valence-electron chi connectivity index (χ1n) is 6.63. The van der Waals surface area contributed by atoms with Gasteiger partial charge in [-0.05, 0) is 30.5 Å². The largest absolute Gasteiger partial charge is 0.373 e. The number of carbonyl (C=O) groups excluding carboxylic acids is 1. The molecule has 6 heteroatoms. The van der Waals surface area contributed by atoms with Gasteiger partial charge in [0.15, 0.2) is 0 Å². The number of anilines is 1. The van der Waals surface area contributed by atoms with Gasteiger partial charge in [-0.15, -0.1) is 11.3 Å². The first kappa shape index (κ1) is 13.1. The van der Waals surface area contributed by atoms with Crippen LogP contribution in [0.2, 0.25) is 0 Å². The van der Waals surface area contributed by atoms with Crippen LogP contribution in [0.4, 0.5) is 5.82 Å². The highest BCUT2D eigenvalue weighted by Crippen LogP contribution is 2.34. The third kappa shape index (κ3) is 2.38. The van der Waals surface area contributed by atoms with Crippen LogP contribution in [0.25, 0.3) is 0 Å². The second kappa shape index (κ2) is 5.58. The molecule has 0 saturated carbocycles. The van der Waals surface area contributed by atoms with Crippen molar-refractivity contribution in [2.24, 2.45) is 0 Å². The van der Waals surface area contributed by atoms with Crippen molar-refractivity contribution in [1.29, 1.82) is 0 Å². The van der Waals surface area contributed by atoms with E-state index in [1.165, 1.54) is 11.3 Å². The van der Waals surface area contributed by atoms with Crippen LogP contribution in [0, 0.1) is 0 Å². The zero-order valence-corrected chi connectivity index (χ0v) is 12.1. The fourth-order valence-electron chi connectivity index (χ4n) is 2.61. The smallest absolute Gasteiger partial charge is 0.266 e. The van der Waals surface area contributed by atoms with Crippen molar-refractivity contribution in [2.75, 3.05) is 18.9 Å². The van der Waals surface area contributed by atoms with Gasteiger partial charge in [-0.1, -0.05) is 0 Å². The average Bonchev–Trinajstić information content (AvgIpc) is 3.17. The monoisotopic (exact) mass is 288 g/mol. The van der Waals surface area contributed by atoms with E-state index in [1.54, 1.807) is 17.9 Å². The SMILES string of the molecule is CNc1cc([C@@H]2CCCN2C(=O)c2cncs2)ccn1. The second-order valence-corrected chi connectivity index (χ2v) is 5.63. The minimum Gasteiger partial charge on any atom is -0.373 e. The molecule has 1 amide bonds. The Labute approximate surface area is 121 Å². The molecule has 0 spiro atoms. The predicted molar refractivity (Wildman–Crippen MR) is 78.9 cm³/mol. The molecule has 5 nitrogen and oxygen atoms in total. The molecule has 20 heavy (non-hydrogen) atoms. The van der Waals surface area contributed by atoms with Crippen molar-refractivity contribution in [3.05, 3.63) is 40.5 Å². The van der Waals surface area contributed by atoms with Crippen LogP contribution >= 0.6 is 11.3 Å². The van der Waals surface area contributed by atoms with E-state index in [1.807, 2.05) is 24.1 Å². The highest BCUT2D eigenvalue weighted by Gasteiger charge is 2.31. The van der Waals surface area contributed by atoms with Crippen LogP contribution in [0.3, 0.4) is 0 Å². The van der Waals surface area contributed by atoms with Gasteiger partial charge in [0.05, 0.1) is 17.7 Å². The number of nitrogens with one attached hydrogen (secondary N) is 1. The van der Waals surface area contributed by atoms with Gasteiger partial charge in [0.2, 0.25) is 0 Å². The highest BCUT2D eigenvalue weighted by atomic mass is 32.1. The molecule has 2 aromatic heterocycles. The number of amides is 1. The molecular formula is C14H16N4OS. The summed E-state index contributed by atoms with van der Waals surface area (Å²) in [5.41, 5.74) is 2.84. The minimum absolute atomic E-state index is 0.0813.